The lowest BCUT2D eigenvalue weighted by Gasteiger charge is -2.11. The fourth-order valence-electron chi connectivity index (χ4n) is 1.94. The number of anilines is 1. The van der Waals surface area contributed by atoms with Crippen LogP contribution in [0.5, 0.6) is 0 Å². The highest BCUT2D eigenvalue weighted by atomic mass is 19.1. The molecule has 0 atom stereocenters. The van der Waals surface area contributed by atoms with Crippen molar-refractivity contribution in [3.05, 3.63) is 35.3 Å². The Morgan fingerprint density at radius 1 is 1.29 bits per heavy atom. The normalized spacial score (nSPS) is 10.8. The van der Waals surface area contributed by atoms with E-state index in [9.17, 15) is 4.39 Å². The Labute approximate surface area is 101 Å². The van der Waals surface area contributed by atoms with Crippen LogP contribution in [0.4, 0.5) is 10.1 Å². The molecule has 0 spiro atoms. The van der Waals surface area contributed by atoms with E-state index in [1.165, 1.54) is 6.07 Å². The van der Waals surface area contributed by atoms with E-state index >= 15 is 0 Å². The Balaban J connectivity index is 2.64. The molecule has 0 saturated carbocycles. The minimum atomic E-state index is -0.197. The number of pyridine rings is 1. The molecule has 90 valence electrons. The van der Waals surface area contributed by atoms with Crippen LogP contribution < -0.4 is 5.32 Å². The number of benzene rings is 1. The van der Waals surface area contributed by atoms with Gasteiger partial charge in [-0.05, 0) is 38.5 Å². The van der Waals surface area contributed by atoms with Crippen molar-refractivity contribution in [2.45, 2.75) is 27.2 Å². The summed E-state index contributed by atoms with van der Waals surface area (Å²) in [6.07, 6.45) is 1.06. The Hall–Kier alpha value is -1.64. The van der Waals surface area contributed by atoms with Gasteiger partial charge < -0.3 is 5.32 Å². The molecule has 0 saturated heterocycles. The van der Waals surface area contributed by atoms with Gasteiger partial charge in [-0.1, -0.05) is 6.92 Å². The second-order valence-electron chi connectivity index (χ2n) is 4.31. The monoisotopic (exact) mass is 232 g/mol. The highest BCUT2D eigenvalue weighted by molar-refractivity contribution is 5.93. The van der Waals surface area contributed by atoms with E-state index in [1.54, 1.807) is 13.0 Å². The van der Waals surface area contributed by atoms with Gasteiger partial charge in [0, 0.05) is 28.9 Å². The smallest absolute Gasteiger partial charge is 0.128 e. The summed E-state index contributed by atoms with van der Waals surface area (Å²) in [7, 11) is 0. The van der Waals surface area contributed by atoms with Gasteiger partial charge >= 0.3 is 0 Å². The minimum Gasteiger partial charge on any atom is -0.384 e. The number of fused-ring (bicyclic) bond motifs is 1. The summed E-state index contributed by atoms with van der Waals surface area (Å²) in [6.45, 7) is 6.73. The number of hydrogen-bond acceptors (Lipinski definition) is 2. The number of aromatic nitrogens is 1. The summed E-state index contributed by atoms with van der Waals surface area (Å²) in [5.41, 5.74) is 3.32. The summed E-state index contributed by atoms with van der Waals surface area (Å²) in [4.78, 5) is 4.42. The highest BCUT2D eigenvalue weighted by Gasteiger charge is 2.08. The molecule has 1 heterocycles. The first kappa shape index (κ1) is 11.8. The number of nitrogens with zero attached hydrogens (tertiary/aromatic N) is 1. The second-order valence-corrected chi connectivity index (χ2v) is 4.31. The quantitative estimate of drug-likeness (QED) is 0.870. The van der Waals surface area contributed by atoms with Crippen molar-refractivity contribution in [3.63, 3.8) is 0 Å². The zero-order chi connectivity index (χ0) is 12.4. The minimum absolute atomic E-state index is 0.197. The Morgan fingerprint density at radius 3 is 2.76 bits per heavy atom. The van der Waals surface area contributed by atoms with Crippen LogP contribution in [-0.2, 0) is 0 Å². The first-order valence-electron chi connectivity index (χ1n) is 5.93. The van der Waals surface area contributed by atoms with Crippen molar-refractivity contribution in [2.75, 3.05) is 11.9 Å². The first-order chi connectivity index (χ1) is 8.13. The van der Waals surface area contributed by atoms with E-state index in [-0.39, 0.29) is 5.82 Å². The number of hydrogen-bond donors (Lipinski definition) is 1. The predicted molar refractivity (Wildman–Crippen MR) is 70.0 cm³/mol. The third-order valence-electron chi connectivity index (χ3n) is 2.86. The molecule has 2 nitrogen and oxygen atoms in total. The SMILES string of the molecule is CCCNc1cc(C)nc2c(C)c(F)ccc12. The Bertz CT molecular complexity index is 549. The van der Waals surface area contributed by atoms with Crippen molar-refractivity contribution in [2.24, 2.45) is 0 Å². The number of aryl methyl sites for hydroxylation is 2. The molecular formula is C14H17FN2. The van der Waals surface area contributed by atoms with E-state index < -0.39 is 0 Å². The van der Waals surface area contributed by atoms with Crippen LogP contribution in [0, 0.1) is 19.7 Å². The molecule has 0 aliphatic heterocycles. The number of halogens is 1. The van der Waals surface area contributed by atoms with E-state index in [2.05, 4.69) is 17.2 Å². The van der Waals surface area contributed by atoms with Crippen LogP contribution in [0.1, 0.15) is 24.6 Å². The van der Waals surface area contributed by atoms with Gasteiger partial charge in [0.15, 0.2) is 0 Å². The highest BCUT2D eigenvalue weighted by Crippen LogP contribution is 2.26. The van der Waals surface area contributed by atoms with Crippen LogP contribution in [0.2, 0.25) is 0 Å². The first-order valence-corrected chi connectivity index (χ1v) is 5.93. The molecule has 0 bridgehead atoms. The zero-order valence-corrected chi connectivity index (χ0v) is 10.5. The average Bonchev–Trinajstić information content (AvgIpc) is 2.31. The summed E-state index contributed by atoms with van der Waals surface area (Å²) in [6, 6.07) is 5.31. The van der Waals surface area contributed by atoms with Gasteiger partial charge in [0.25, 0.3) is 0 Å². The molecular weight excluding hydrogens is 215 g/mol. The standard InChI is InChI=1S/C14H17FN2/c1-4-7-16-13-8-9(2)17-14-10(3)12(15)6-5-11(13)14/h5-6,8H,4,7H2,1-3H3,(H,16,17). The van der Waals surface area contributed by atoms with Gasteiger partial charge in [0.05, 0.1) is 5.52 Å². The van der Waals surface area contributed by atoms with Crippen molar-refractivity contribution in [1.82, 2.24) is 4.98 Å². The van der Waals surface area contributed by atoms with E-state index in [1.807, 2.05) is 13.0 Å². The lowest BCUT2D eigenvalue weighted by atomic mass is 10.1. The largest absolute Gasteiger partial charge is 0.384 e. The third-order valence-corrected chi connectivity index (χ3v) is 2.86. The summed E-state index contributed by atoms with van der Waals surface area (Å²) < 4.78 is 13.5. The predicted octanol–water partition coefficient (Wildman–Crippen LogP) is 3.81. The molecule has 0 fully saturated rings. The van der Waals surface area contributed by atoms with Crippen LogP contribution >= 0.6 is 0 Å². The lowest BCUT2D eigenvalue weighted by Crippen LogP contribution is -2.02. The van der Waals surface area contributed by atoms with Crippen molar-refractivity contribution < 1.29 is 4.39 Å². The summed E-state index contributed by atoms with van der Waals surface area (Å²) in [5.74, 6) is -0.197. The molecule has 0 unspecified atom stereocenters. The van der Waals surface area contributed by atoms with Gasteiger partial charge in [-0.25, -0.2) is 4.39 Å². The fourth-order valence-corrected chi connectivity index (χ4v) is 1.94. The maximum Gasteiger partial charge on any atom is 0.128 e. The third kappa shape index (κ3) is 2.23. The molecule has 1 aromatic carbocycles. The molecule has 2 rings (SSSR count). The maximum absolute atomic E-state index is 13.5. The van der Waals surface area contributed by atoms with Gasteiger partial charge in [-0.15, -0.1) is 0 Å². The molecule has 0 aliphatic carbocycles. The Kier molecular flexibility index (Phi) is 3.27. The topological polar surface area (TPSA) is 24.9 Å². The van der Waals surface area contributed by atoms with Crippen molar-refractivity contribution in [3.8, 4) is 0 Å². The molecule has 2 aromatic rings. The molecule has 17 heavy (non-hydrogen) atoms. The van der Waals surface area contributed by atoms with Gasteiger partial charge in [0.2, 0.25) is 0 Å². The van der Waals surface area contributed by atoms with Crippen molar-refractivity contribution >= 4 is 16.6 Å². The lowest BCUT2D eigenvalue weighted by molar-refractivity contribution is 0.620. The van der Waals surface area contributed by atoms with Crippen LogP contribution in [-0.4, -0.2) is 11.5 Å². The van der Waals surface area contributed by atoms with E-state index in [0.717, 1.165) is 35.2 Å². The summed E-state index contributed by atoms with van der Waals surface area (Å²) >= 11 is 0. The molecule has 1 aromatic heterocycles. The van der Waals surface area contributed by atoms with Crippen LogP contribution in [0.25, 0.3) is 10.9 Å². The number of nitrogens with one attached hydrogen (secondary N) is 1. The van der Waals surface area contributed by atoms with E-state index in [4.69, 9.17) is 0 Å². The van der Waals surface area contributed by atoms with Gasteiger partial charge in [-0.2, -0.15) is 0 Å². The molecule has 1 N–H and O–H groups in total. The molecule has 0 amide bonds. The molecule has 0 radical (unpaired) electrons. The fraction of sp³-hybridized carbons (Fsp3) is 0.357. The van der Waals surface area contributed by atoms with E-state index in [0.29, 0.717) is 5.56 Å². The Morgan fingerprint density at radius 2 is 2.06 bits per heavy atom. The van der Waals surface area contributed by atoms with Gasteiger partial charge in [0.1, 0.15) is 5.82 Å². The zero-order valence-electron chi connectivity index (χ0n) is 10.5. The van der Waals surface area contributed by atoms with Crippen molar-refractivity contribution in [1.29, 1.82) is 0 Å². The average molecular weight is 232 g/mol. The van der Waals surface area contributed by atoms with Crippen LogP contribution in [0.15, 0.2) is 18.2 Å². The summed E-state index contributed by atoms with van der Waals surface area (Å²) in [5, 5.41) is 4.35. The maximum atomic E-state index is 13.5. The second kappa shape index (κ2) is 4.70. The van der Waals surface area contributed by atoms with Crippen LogP contribution in [0.3, 0.4) is 0 Å². The number of rotatable bonds is 3. The molecule has 3 heteroatoms. The molecule has 0 aliphatic rings. The van der Waals surface area contributed by atoms with Gasteiger partial charge in [-0.3, -0.25) is 4.98 Å².